The van der Waals surface area contributed by atoms with E-state index in [-0.39, 0.29) is 0 Å². The molecule has 0 saturated heterocycles. The molecule has 12 rings (SSSR count). The van der Waals surface area contributed by atoms with E-state index >= 15 is 0 Å². The molecule has 0 aliphatic rings. The molecule has 0 spiro atoms. The molecular weight excluding hydrogens is 749 g/mol. The van der Waals surface area contributed by atoms with E-state index in [9.17, 15) is 0 Å². The highest BCUT2D eigenvalue weighted by Crippen LogP contribution is 2.47. The standard InChI is InChI=1S/C60H40N2/c1-2-17-43(18-3-1)50-37-34-47(55-39-46-20-6-7-21-49(46)51-22-8-9-23-52(51)55)40-60(50)61(48-35-32-42(33-36-48)45-31-30-41-16-4-5-19-44(41)38-45)58-28-14-15-29-59(58)62-56-26-12-10-24-53(56)54-25-11-13-27-57(54)62/h1-40H. The van der Waals surface area contributed by atoms with Gasteiger partial charge in [-0.3, -0.25) is 0 Å². The number of aromatic nitrogens is 1. The van der Waals surface area contributed by atoms with Gasteiger partial charge < -0.3 is 9.47 Å². The molecule has 0 bridgehead atoms. The molecule has 0 aliphatic carbocycles. The zero-order valence-corrected chi connectivity index (χ0v) is 34.0. The van der Waals surface area contributed by atoms with Crippen LogP contribution in [0.25, 0.3) is 93.2 Å². The lowest BCUT2D eigenvalue weighted by Gasteiger charge is -2.31. The maximum absolute atomic E-state index is 2.48. The Kier molecular flexibility index (Phi) is 8.53. The molecule has 290 valence electrons. The molecule has 0 fully saturated rings. The first-order valence-corrected chi connectivity index (χ1v) is 21.3. The van der Waals surface area contributed by atoms with Gasteiger partial charge in [0.25, 0.3) is 0 Å². The van der Waals surface area contributed by atoms with Crippen molar-refractivity contribution in [3.63, 3.8) is 0 Å². The van der Waals surface area contributed by atoms with Gasteiger partial charge in [-0.2, -0.15) is 0 Å². The predicted octanol–water partition coefficient (Wildman–Crippen LogP) is 16.7. The molecule has 0 atom stereocenters. The van der Waals surface area contributed by atoms with Crippen LogP contribution < -0.4 is 4.90 Å². The summed E-state index contributed by atoms with van der Waals surface area (Å²) in [6.07, 6.45) is 0. The van der Waals surface area contributed by atoms with Crippen molar-refractivity contribution in [2.45, 2.75) is 0 Å². The van der Waals surface area contributed by atoms with Crippen LogP contribution in [0.15, 0.2) is 243 Å². The van der Waals surface area contributed by atoms with Gasteiger partial charge >= 0.3 is 0 Å². The second kappa shape index (κ2) is 14.8. The zero-order valence-electron chi connectivity index (χ0n) is 34.0. The topological polar surface area (TPSA) is 8.17 Å². The van der Waals surface area contributed by atoms with Crippen LogP contribution >= 0.6 is 0 Å². The van der Waals surface area contributed by atoms with Crippen molar-refractivity contribution in [2.24, 2.45) is 0 Å². The van der Waals surface area contributed by atoms with Crippen LogP contribution in [0.4, 0.5) is 17.1 Å². The van der Waals surface area contributed by atoms with Gasteiger partial charge in [-0.1, -0.05) is 188 Å². The Morgan fingerprint density at radius 2 is 0.839 bits per heavy atom. The van der Waals surface area contributed by atoms with Gasteiger partial charge in [-0.25, -0.2) is 0 Å². The largest absolute Gasteiger partial charge is 0.308 e. The highest BCUT2D eigenvalue weighted by Gasteiger charge is 2.24. The van der Waals surface area contributed by atoms with Gasteiger partial charge in [0, 0.05) is 22.0 Å². The van der Waals surface area contributed by atoms with Crippen LogP contribution in [0, 0.1) is 0 Å². The third kappa shape index (κ3) is 5.96. The summed E-state index contributed by atoms with van der Waals surface area (Å²) in [5, 5.41) is 9.94. The third-order valence-corrected chi connectivity index (χ3v) is 12.6. The maximum atomic E-state index is 2.48. The number of anilines is 3. The first-order chi connectivity index (χ1) is 30.8. The first kappa shape index (κ1) is 35.7. The van der Waals surface area contributed by atoms with Gasteiger partial charge in [-0.05, 0) is 115 Å². The monoisotopic (exact) mass is 788 g/mol. The summed E-state index contributed by atoms with van der Waals surface area (Å²) in [5.41, 5.74) is 13.7. The minimum absolute atomic E-state index is 1.07. The Labute approximate surface area is 360 Å². The number of nitrogens with zero attached hydrogens (tertiary/aromatic N) is 2. The second-order valence-electron chi connectivity index (χ2n) is 16.1. The molecule has 12 aromatic rings. The van der Waals surface area contributed by atoms with E-state index in [1.165, 1.54) is 70.8 Å². The third-order valence-electron chi connectivity index (χ3n) is 12.6. The average molecular weight is 789 g/mol. The van der Waals surface area contributed by atoms with E-state index in [0.29, 0.717) is 0 Å². The van der Waals surface area contributed by atoms with E-state index in [4.69, 9.17) is 0 Å². The first-order valence-electron chi connectivity index (χ1n) is 21.3. The summed E-state index contributed by atoms with van der Waals surface area (Å²) >= 11 is 0. The van der Waals surface area contributed by atoms with Gasteiger partial charge in [0.05, 0.1) is 28.1 Å². The Morgan fingerprint density at radius 1 is 0.274 bits per heavy atom. The number of benzene rings is 11. The molecule has 11 aromatic carbocycles. The van der Waals surface area contributed by atoms with Crippen LogP contribution in [-0.2, 0) is 0 Å². The van der Waals surface area contributed by atoms with E-state index < -0.39 is 0 Å². The summed E-state index contributed by atoms with van der Waals surface area (Å²) in [6.45, 7) is 0. The maximum Gasteiger partial charge on any atom is 0.0702 e. The quantitative estimate of drug-likeness (QED) is 0.146. The normalized spacial score (nSPS) is 11.5. The zero-order chi connectivity index (χ0) is 41.0. The van der Waals surface area contributed by atoms with Crippen LogP contribution in [0.1, 0.15) is 0 Å². The number of rotatable bonds is 7. The predicted molar refractivity (Wildman–Crippen MR) is 264 cm³/mol. The highest BCUT2D eigenvalue weighted by atomic mass is 15.2. The number of hydrogen-bond acceptors (Lipinski definition) is 1. The van der Waals surface area contributed by atoms with Crippen LogP contribution in [0.5, 0.6) is 0 Å². The minimum atomic E-state index is 1.07. The van der Waals surface area contributed by atoms with Crippen molar-refractivity contribution in [2.75, 3.05) is 4.90 Å². The van der Waals surface area contributed by atoms with Crippen molar-refractivity contribution in [3.8, 4) is 39.1 Å². The Balaban J connectivity index is 1.14. The lowest BCUT2D eigenvalue weighted by atomic mass is 9.91. The van der Waals surface area contributed by atoms with E-state index in [1.54, 1.807) is 0 Å². The lowest BCUT2D eigenvalue weighted by molar-refractivity contribution is 1.15. The fraction of sp³-hybridized carbons (Fsp3) is 0. The fourth-order valence-electron chi connectivity index (χ4n) is 9.64. The van der Waals surface area contributed by atoms with Gasteiger partial charge in [0.2, 0.25) is 0 Å². The molecule has 2 nitrogen and oxygen atoms in total. The molecule has 62 heavy (non-hydrogen) atoms. The van der Waals surface area contributed by atoms with Crippen molar-refractivity contribution >= 4 is 71.2 Å². The molecule has 0 radical (unpaired) electrons. The lowest BCUT2D eigenvalue weighted by Crippen LogP contribution is -2.14. The molecule has 0 saturated carbocycles. The van der Waals surface area contributed by atoms with E-state index in [0.717, 1.165) is 39.4 Å². The Bertz CT molecular complexity index is 3580. The fourth-order valence-corrected chi connectivity index (χ4v) is 9.64. The molecule has 0 unspecified atom stereocenters. The number of fused-ring (bicyclic) bond motifs is 7. The Hall–Kier alpha value is -8.20. The van der Waals surface area contributed by atoms with E-state index in [2.05, 4.69) is 252 Å². The number of para-hydroxylation sites is 4. The minimum Gasteiger partial charge on any atom is -0.308 e. The molecule has 2 heteroatoms. The van der Waals surface area contributed by atoms with E-state index in [1.807, 2.05) is 0 Å². The van der Waals surface area contributed by atoms with Crippen molar-refractivity contribution < 1.29 is 0 Å². The van der Waals surface area contributed by atoms with Gasteiger partial charge in [0.15, 0.2) is 0 Å². The molecular formula is C60H40N2. The molecule has 1 aromatic heterocycles. The SMILES string of the molecule is c1ccc(-c2ccc(-c3cc4ccccc4c4ccccc34)cc2N(c2ccc(-c3ccc4ccccc4c3)cc2)c2ccccc2-n2c3ccccc3c3ccccc32)cc1. The van der Waals surface area contributed by atoms with Crippen molar-refractivity contribution in [1.82, 2.24) is 4.57 Å². The average Bonchev–Trinajstić information content (AvgIpc) is 3.68. The summed E-state index contributed by atoms with van der Waals surface area (Å²) in [7, 11) is 0. The van der Waals surface area contributed by atoms with Crippen LogP contribution in [0.2, 0.25) is 0 Å². The Morgan fingerprint density at radius 3 is 1.60 bits per heavy atom. The molecule has 1 heterocycles. The highest BCUT2D eigenvalue weighted by molar-refractivity contribution is 6.14. The summed E-state index contributed by atoms with van der Waals surface area (Å²) < 4.78 is 2.44. The molecule has 0 amide bonds. The summed E-state index contributed by atoms with van der Waals surface area (Å²) in [5.74, 6) is 0. The summed E-state index contributed by atoms with van der Waals surface area (Å²) in [6, 6.07) is 88.7. The van der Waals surface area contributed by atoms with Crippen molar-refractivity contribution in [1.29, 1.82) is 0 Å². The smallest absolute Gasteiger partial charge is 0.0702 e. The molecule has 0 aliphatic heterocycles. The second-order valence-corrected chi connectivity index (χ2v) is 16.1. The van der Waals surface area contributed by atoms with Crippen LogP contribution in [0.3, 0.4) is 0 Å². The molecule has 0 N–H and O–H groups in total. The summed E-state index contributed by atoms with van der Waals surface area (Å²) in [4.78, 5) is 2.48. The van der Waals surface area contributed by atoms with Gasteiger partial charge in [-0.15, -0.1) is 0 Å². The van der Waals surface area contributed by atoms with Crippen molar-refractivity contribution in [3.05, 3.63) is 243 Å². The van der Waals surface area contributed by atoms with Crippen LogP contribution in [-0.4, -0.2) is 4.57 Å². The van der Waals surface area contributed by atoms with Gasteiger partial charge in [0.1, 0.15) is 0 Å². The number of hydrogen-bond donors (Lipinski definition) is 0.